The fourth-order valence-electron chi connectivity index (χ4n) is 1.62. The number of hydrogen-bond acceptors (Lipinski definition) is 2. The third-order valence-electron chi connectivity index (χ3n) is 2.43. The number of benzene rings is 1. The van der Waals surface area contributed by atoms with E-state index in [-0.39, 0.29) is 12.2 Å². The summed E-state index contributed by atoms with van der Waals surface area (Å²) in [6, 6.07) is 13.2. The van der Waals surface area contributed by atoms with Crippen molar-refractivity contribution in [3.63, 3.8) is 0 Å². The van der Waals surface area contributed by atoms with Crippen molar-refractivity contribution in [1.82, 2.24) is 4.57 Å². The largest absolute Gasteiger partial charge is 0.395 e. The molecular weight excluding hydrogens is 202 g/mol. The van der Waals surface area contributed by atoms with Gasteiger partial charge in [0.15, 0.2) is 0 Å². The highest BCUT2D eigenvalue weighted by atomic mass is 16.3. The first-order valence-corrected chi connectivity index (χ1v) is 5.18. The molecule has 3 heteroatoms. The van der Waals surface area contributed by atoms with E-state index in [4.69, 9.17) is 5.11 Å². The summed E-state index contributed by atoms with van der Waals surface area (Å²) in [5.74, 6) is 0. The molecule has 1 aromatic carbocycles. The van der Waals surface area contributed by atoms with Gasteiger partial charge >= 0.3 is 0 Å². The van der Waals surface area contributed by atoms with Crippen LogP contribution in [0.4, 0.5) is 0 Å². The number of nitrogens with zero attached hydrogens (tertiary/aromatic N) is 1. The van der Waals surface area contributed by atoms with Crippen LogP contribution in [0.15, 0.2) is 53.5 Å². The van der Waals surface area contributed by atoms with Gasteiger partial charge in [0.25, 0.3) is 5.56 Å². The van der Waals surface area contributed by atoms with E-state index in [0.29, 0.717) is 6.54 Å². The lowest BCUT2D eigenvalue weighted by Gasteiger charge is -2.06. The topological polar surface area (TPSA) is 42.2 Å². The summed E-state index contributed by atoms with van der Waals surface area (Å²) in [5.41, 5.74) is 1.96. The monoisotopic (exact) mass is 215 g/mol. The molecular formula is C13H13NO2. The van der Waals surface area contributed by atoms with Crippen molar-refractivity contribution in [2.75, 3.05) is 6.61 Å². The molecule has 0 fully saturated rings. The van der Waals surface area contributed by atoms with Crippen LogP contribution in [-0.2, 0) is 6.54 Å². The van der Waals surface area contributed by atoms with Crippen molar-refractivity contribution in [3.05, 3.63) is 59.0 Å². The van der Waals surface area contributed by atoms with Crippen LogP contribution in [0.25, 0.3) is 11.1 Å². The number of aliphatic hydroxyl groups excluding tert-OH is 1. The van der Waals surface area contributed by atoms with Gasteiger partial charge in [0.05, 0.1) is 6.61 Å². The second-order valence-corrected chi connectivity index (χ2v) is 3.54. The number of hydrogen-bond donors (Lipinski definition) is 1. The number of aromatic nitrogens is 1. The molecule has 0 saturated carbocycles. The minimum atomic E-state index is -0.0891. The first-order valence-electron chi connectivity index (χ1n) is 5.18. The minimum Gasteiger partial charge on any atom is -0.395 e. The first-order chi connectivity index (χ1) is 7.81. The number of pyridine rings is 1. The maximum absolute atomic E-state index is 11.4. The van der Waals surface area contributed by atoms with Gasteiger partial charge in [0, 0.05) is 18.8 Å². The van der Waals surface area contributed by atoms with Crippen LogP contribution < -0.4 is 5.56 Å². The van der Waals surface area contributed by atoms with E-state index >= 15 is 0 Å². The van der Waals surface area contributed by atoms with E-state index < -0.39 is 0 Å². The van der Waals surface area contributed by atoms with E-state index in [1.54, 1.807) is 12.3 Å². The number of rotatable bonds is 3. The lowest BCUT2D eigenvalue weighted by molar-refractivity contribution is 0.274. The smallest absolute Gasteiger partial charge is 0.250 e. The average Bonchev–Trinajstić information content (AvgIpc) is 2.33. The molecule has 16 heavy (non-hydrogen) atoms. The normalized spacial score (nSPS) is 10.3. The van der Waals surface area contributed by atoms with Crippen molar-refractivity contribution in [3.8, 4) is 11.1 Å². The molecule has 0 saturated heterocycles. The maximum atomic E-state index is 11.4. The Balaban J connectivity index is 2.44. The Morgan fingerprint density at radius 1 is 1.00 bits per heavy atom. The van der Waals surface area contributed by atoms with Crippen molar-refractivity contribution < 1.29 is 5.11 Å². The SMILES string of the molecule is O=c1ccc(-c2ccccc2)cn1CCO. The molecule has 3 nitrogen and oxygen atoms in total. The Bertz CT molecular complexity index is 517. The fraction of sp³-hybridized carbons (Fsp3) is 0.154. The van der Waals surface area contributed by atoms with Gasteiger partial charge in [-0.25, -0.2) is 0 Å². The van der Waals surface area contributed by atoms with E-state index in [1.165, 1.54) is 10.6 Å². The van der Waals surface area contributed by atoms with E-state index in [9.17, 15) is 4.79 Å². The standard InChI is InChI=1S/C13H13NO2/c15-9-8-14-10-12(6-7-13(14)16)11-4-2-1-3-5-11/h1-7,10,15H,8-9H2. The zero-order valence-corrected chi connectivity index (χ0v) is 8.84. The van der Waals surface area contributed by atoms with Crippen LogP contribution in [0, 0.1) is 0 Å². The summed E-state index contributed by atoms with van der Waals surface area (Å²) in [7, 11) is 0. The van der Waals surface area contributed by atoms with E-state index in [0.717, 1.165) is 11.1 Å². The highest BCUT2D eigenvalue weighted by Crippen LogP contribution is 2.16. The molecule has 0 aliphatic rings. The molecule has 0 unspecified atom stereocenters. The van der Waals surface area contributed by atoms with Crippen LogP contribution in [-0.4, -0.2) is 16.3 Å². The molecule has 2 rings (SSSR count). The Morgan fingerprint density at radius 2 is 1.75 bits per heavy atom. The van der Waals surface area contributed by atoms with Crippen LogP contribution in [0.2, 0.25) is 0 Å². The van der Waals surface area contributed by atoms with Gasteiger partial charge in [-0.1, -0.05) is 30.3 Å². The predicted octanol–water partition coefficient (Wildman–Crippen LogP) is 1.51. The molecule has 0 bridgehead atoms. The third kappa shape index (κ3) is 2.20. The average molecular weight is 215 g/mol. The fourth-order valence-corrected chi connectivity index (χ4v) is 1.62. The number of aliphatic hydroxyl groups is 1. The van der Waals surface area contributed by atoms with E-state index in [2.05, 4.69) is 0 Å². The Hall–Kier alpha value is -1.87. The maximum Gasteiger partial charge on any atom is 0.250 e. The second-order valence-electron chi connectivity index (χ2n) is 3.54. The Labute approximate surface area is 93.6 Å². The summed E-state index contributed by atoms with van der Waals surface area (Å²) in [4.78, 5) is 11.4. The van der Waals surface area contributed by atoms with Crippen molar-refractivity contribution >= 4 is 0 Å². The highest BCUT2D eigenvalue weighted by Gasteiger charge is 2.00. The van der Waals surface area contributed by atoms with Gasteiger partial charge in [-0.3, -0.25) is 4.79 Å². The minimum absolute atomic E-state index is 0.0296. The van der Waals surface area contributed by atoms with Gasteiger partial charge < -0.3 is 9.67 Å². The molecule has 0 spiro atoms. The molecule has 0 aliphatic carbocycles. The predicted molar refractivity (Wildman–Crippen MR) is 63.2 cm³/mol. The zero-order valence-electron chi connectivity index (χ0n) is 8.84. The van der Waals surface area contributed by atoms with Crippen LogP contribution in [0.1, 0.15) is 0 Å². The van der Waals surface area contributed by atoms with Crippen LogP contribution >= 0.6 is 0 Å². The molecule has 0 atom stereocenters. The van der Waals surface area contributed by atoms with Crippen molar-refractivity contribution in [1.29, 1.82) is 0 Å². The summed E-state index contributed by atoms with van der Waals surface area (Å²) in [6.45, 7) is 0.303. The molecule has 1 aromatic heterocycles. The summed E-state index contributed by atoms with van der Waals surface area (Å²) in [6.07, 6.45) is 1.77. The third-order valence-corrected chi connectivity index (χ3v) is 2.43. The van der Waals surface area contributed by atoms with Gasteiger partial charge in [0.2, 0.25) is 0 Å². The first kappa shape index (κ1) is 10.6. The summed E-state index contributed by atoms with van der Waals surface area (Å²) >= 11 is 0. The zero-order chi connectivity index (χ0) is 11.4. The quantitative estimate of drug-likeness (QED) is 0.843. The Morgan fingerprint density at radius 3 is 2.44 bits per heavy atom. The lowest BCUT2D eigenvalue weighted by atomic mass is 10.1. The van der Waals surface area contributed by atoms with Crippen molar-refractivity contribution in [2.45, 2.75) is 6.54 Å². The van der Waals surface area contributed by atoms with Gasteiger partial charge in [-0.15, -0.1) is 0 Å². The second kappa shape index (κ2) is 4.77. The molecule has 1 N–H and O–H groups in total. The molecule has 0 amide bonds. The molecule has 1 heterocycles. The van der Waals surface area contributed by atoms with Gasteiger partial charge in [0.1, 0.15) is 0 Å². The molecule has 0 aliphatic heterocycles. The van der Waals surface area contributed by atoms with Gasteiger partial charge in [-0.2, -0.15) is 0 Å². The van der Waals surface area contributed by atoms with Crippen molar-refractivity contribution in [2.24, 2.45) is 0 Å². The lowest BCUT2D eigenvalue weighted by Crippen LogP contribution is -2.20. The van der Waals surface area contributed by atoms with E-state index in [1.807, 2.05) is 30.3 Å². The Kier molecular flexibility index (Phi) is 3.17. The summed E-state index contributed by atoms with van der Waals surface area (Å²) < 4.78 is 1.52. The molecule has 0 radical (unpaired) electrons. The highest BCUT2D eigenvalue weighted by molar-refractivity contribution is 5.61. The summed E-state index contributed by atoms with van der Waals surface area (Å²) in [5, 5.41) is 8.85. The molecule has 2 aromatic rings. The molecule has 82 valence electrons. The van der Waals surface area contributed by atoms with Crippen LogP contribution in [0.3, 0.4) is 0 Å². The van der Waals surface area contributed by atoms with Crippen LogP contribution in [0.5, 0.6) is 0 Å². The van der Waals surface area contributed by atoms with Gasteiger partial charge in [-0.05, 0) is 17.2 Å².